The van der Waals surface area contributed by atoms with Gasteiger partial charge in [-0.1, -0.05) is 23.4 Å². The number of hydrogen-bond acceptors (Lipinski definition) is 6. The summed E-state index contributed by atoms with van der Waals surface area (Å²) < 4.78 is 22.3. The number of methoxy groups -OCH3 is 1. The molecule has 1 unspecified atom stereocenters. The molecule has 0 saturated heterocycles. The van der Waals surface area contributed by atoms with E-state index in [1.54, 1.807) is 18.2 Å². The summed E-state index contributed by atoms with van der Waals surface area (Å²) in [5.41, 5.74) is 2.93. The summed E-state index contributed by atoms with van der Waals surface area (Å²) in [4.78, 5) is 12.8. The quantitative estimate of drug-likeness (QED) is 0.447. The van der Waals surface area contributed by atoms with Gasteiger partial charge in [-0.3, -0.25) is 4.79 Å². The number of carbonyl (C=O) groups is 1. The average Bonchev–Trinajstić information content (AvgIpc) is 3.35. The van der Waals surface area contributed by atoms with E-state index in [0.29, 0.717) is 35.2 Å². The molecule has 0 aliphatic rings. The second-order valence-electron chi connectivity index (χ2n) is 7.34. The summed E-state index contributed by atoms with van der Waals surface area (Å²) in [6, 6.07) is 14.5. The fourth-order valence-corrected chi connectivity index (χ4v) is 3.35. The van der Waals surface area contributed by atoms with Gasteiger partial charge in [0.05, 0.1) is 24.4 Å². The molecule has 1 N–H and O–H groups in total. The van der Waals surface area contributed by atoms with Crippen LogP contribution in [0.25, 0.3) is 11.0 Å². The molecule has 0 aliphatic heterocycles. The molecular weight excluding hydrogens is 396 g/mol. The monoisotopic (exact) mass is 420 g/mol. The molecule has 2 heterocycles. The van der Waals surface area contributed by atoms with Gasteiger partial charge in [0.25, 0.3) is 5.91 Å². The molecule has 7 nitrogen and oxygen atoms in total. The second kappa shape index (κ2) is 8.55. The predicted molar refractivity (Wildman–Crippen MR) is 115 cm³/mol. The number of nitrogens with zero attached hydrogens (tertiary/aromatic N) is 1. The van der Waals surface area contributed by atoms with Gasteiger partial charge < -0.3 is 23.7 Å². The van der Waals surface area contributed by atoms with Gasteiger partial charge in [0.1, 0.15) is 23.7 Å². The van der Waals surface area contributed by atoms with Gasteiger partial charge in [0, 0.05) is 10.9 Å². The Morgan fingerprint density at radius 2 is 1.94 bits per heavy atom. The molecular formula is C24H24N2O5. The van der Waals surface area contributed by atoms with Gasteiger partial charge in [-0.15, -0.1) is 0 Å². The minimum absolute atomic E-state index is 0.233. The maximum absolute atomic E-state index is 12.8. The zero-order valence-electron chi connectivity index (χ0n) is 17.9. The first-order valence-corrected chi connectivity index (χ1v) is 9.98. The van der Waals surface area contributed by atoms with Crippen LogP contribution in [0.15, 0.2) is 57.5 Å². The Labute approximate surface area is 179 Å². The highest BCUT2D eigenvalue weighted by atomic mass is 16.5. The van der Waals surface area contributed by atoms with E-state index in [1.165, 1.54) is 7.11 Å². The van der Waals surface area contributed by atoms with E-state index < -0.39 is 0 Å². The lowest BCUT2D eigenvalue weighted by atomic mass is 10.1. The van der Waals surface area contributed by atoms with Crippen molar-refractivity contribution in [3.8, 4) is 11.5 Å². The Bertz CT molecular complexity index is 1170. The first-order chi connectivity index (χ1) is 15.0. The van der Waals surface area contributed by atoms with E-state index in [0.717, 1.165) is 22.2 Å². The van der Waals surface area contributed by atoms with Crippen molar-refractivity contribution in [2.75, 3.05) is 7.11 Å². The normalized spacial score (nSPS) is 12.0. The van der Waals surface area contributed by atoms with Gasteiger partial charge in [-0.25, -0.2) is 0 Å². The van der Waals surface area contributed by atoms with Gasteiger partial charge in [-0.05, 0) is 51.1 Å². The maximum atomic E-state index is 12.8. The number of carbonyl (C=O) groups excluding carboxylic acids is 1. The van der Waals surface area contributed by atoms with Crippen molar-refractivity contribution in [2.24, 2.45) is 0 Å². The third-order valence-electron chi connectivity index (χ3n) is 5.20. The van der Waals surface area contributed by atoms with Crippen LogP contribution in [0.4, 0.5) is 0 Å². The summed E-state index contributed by atoms with van der Waals surface area (Å²) in [6.07, 6.45) is 0. The number of benzene rings is 2. The van der Waals surface area contributed by atoms with Crippen LogP contribution in [0.2, 0.25) is 0 Å². The van der Waals surface area contributed by atoms with Crippen LogP contribution in [0.1, 0.15) is 46.1 Å². The molecule has 1 amide bonds. The summed E-state index contributed by atoms with van der Waals surface area (Å²) in [5, 5.41) is 7.89. The van der Waals surface area contributed by atoms with Crippen LogP contribution in [-0.4, -0.2) is 18.2 Å². The second-order valence-corrected chi connectivity index (χ2v) is 7.34. The molecule has 0 bridgehead atoms. The Morgan fingerprint density at radius 1 is 1.13 bits per heavy atom. The first kappa shape index (κ1) is 20.5. The zero-order chi connectivity index (χ0) is 22.0. The molecule has 160 valence electrons. The van der Waals surface area contributed by atoms with Gasteiger partial charge in [-0.2, -0.15) is 0 Å². The summed E-state index contributed by atoms with van der Waals surface area (Å²) in [7, 11) is 1.54. The van der Waals surface area contributed by atoms with Crippen molar-refractivity contribution in [1.29, 1.82) is 0 Å². The van der Waals surface area contributed by atoms with E-state index >= 15 is 0 Å². The molecule has 2 aromatic heterocycles. The fourth-order valence-electron chi connectivity index (χ4n) is 3.35. The Morgan fingerprint density at radius 3 is 2.65 bits per heavy atom. The molecule has 2 aromatic carbocycles. The number of para-hydroxylation sites is 1. The number of aromatic nitrogens is 1. The SMILES string of the molecule is COc1cc(C(=O)NC(C)c2cc3ccccc3o2)ccc1OCc1c(C)noc1C. The fraction of sp³-hybridized carbons (Fsp3) is 0.250. The van der Waals surface area contributed by atoms with Gasteiger partial charge >= 0.3 is 0 Å². The van der Waals surface area contributed by atoms with Crippen LogP contribution in [0.5, 0.6) is 11.5 Å². The average molecular weight is 420 g/mol. The van der Waals surface area contributed by atoms with Gasteiger partial charge in [0.15, 0.2) is 11.5 Å². The number of amides is 1. The number of aryl methyl sites for hydroxylation is 2. The first-order valence-electron chi connectivity index (χ1n) is 9.98. The largest absolute Gasteiger partial charge is 0.493 e. The van der Waals surface area contributed by atoms with Crippen LogP contribution in [-0.2, 0) is 6.61 Å². The topological polar surface area (TPSA) is 86.7 Å². The highest BCUT2D eigenvalue weighted by molar-refractivity contribution is 5.95. The number of ether oxygens (including phenoxy) is 2. The standard InChI is InChI=1S/C24H24N2O5/c1-14-19(16(3)31-26-14)13-29-21-10-9-18(12-23(21)28-4)24(27)25-15(2)22-11-17-7-5-6-8-20(17)30-22/h5-12,15H,13H2,1-4H3,(H,25,27). The molecule has 1 atom stereocenters. The zero-order valence-corrected chi connectivity index (χ0v) is 17.9. The van der Waals surface area contributed by atoms with Crippen molar-refractivity contribution in [3.63, 3.8) is 0 Å². The minimum atomic E-state index is -0.290. The molecule has 7 heteroatoms. The highest BCUT2D eigenvalue weighted by Crippen LogP contribution is 2.30. The smallest absolute Gasteiger partial charge is 0.252 e. The molecule has 4 aromatic rings. The molecule has 0 aliphatic carbocycles. The van der Waals surface area contributed by atoms with E-state index in [9.17, 15) is 4.79 Å². The Kier molecular flexibility index (Phi) is 5.66. The number of nitrogens with one attached hydrogen (secondary N) is 1. The lowest BCUT2D eigenvalue weighted by molar-refractivity contribution is 0.0935. The van der Waals surface area contributed by atoms with Crippen LogP contribution < -0.4 is 14.8 Å². The van der Waals surface area contributed by atoms with E-state index in [1.807, 2.05) is 51.1 Å². The Balaban J connectivity index is 1.46. The van der Waals surface area contributed by atoms with Crippen molar-refractivity contribution in [3.05, 3.63) is 76.9 Å². The van der Waals surface area contributed by atoms with Crippen molar-refractivity contribution < 1.29 is 23.2 Å². The third kappa shape index (κ3) is 4.26. The predicted octanol–water partition coefficient (Wildman–Crippen LogP) is 5.12. The van der Waals surface area contributed by atoms with Crippen molar-refractivity contribution >= 4 is 16.9 Å². The summed E-state index contributed by atoms with van der Waals surface area (Å²) in [6.45, 7) is 5.88. The van der Waals surface area contributed by atoms with Crippen LogP contribution in [0, 0.1) is 13.8 Å². The van der Waals surface area contributed by atoms with E-state index in [-0.39, 0.29) is 11.9 Å². The lowest BCUT2D eigenvalue weighted by Crippen LogP contribution is -2.26. The Hall–Kier alpha value is -3.74. The minimum Gasteiger partial charge on any atom is -0.493 e. The molecule has 0 radical (unpaired) electrons. The maximum Gasteiger partial charge on any atom is 0.252 e. The number of furan rings is 1. The summed E-state index contributed by atoms with van der Waals surface area (Å²) in [5.74, 6) is 2.18. The molecule has 31 heavy (non-hydrogen) atoms. The number of hydrogen-bond donors (Lipinski definition) is 1. The summed E-state index contributed by atoms with van der Waals surface area (Å²) >= 11 is 0. The van der Waals surface area contributed by atoms with Crippen LogP contribution in [0.3, 0.4) is 0 Å². The third-order valence-corrected chi connectivity index (χ3v) is 5.20. The van der Waals surface area contributed by atoms with Crippen molar-refractivity contribution in [1.82, 2.24) is 10.5 Å². The van der Waals surface area contributed by atoms with Crippen LogP contribution >= 0.6 is 0 Å². The molecule has 4 rings (SSSR count). The molecule has 0 spiro atoms. The molecule has 0 saturated carbocycles. The van der Waals surface area contributed by atoms with E-state index in [2.05, 4.69) is 10.5 Å². The lowest BCUT2D eigenvalue weighted by Gasteiger charge is -2.14. The van der Waals surface area contributed by atoms with Crippen molar-refractivity contribution in [2.45, 2.75) is 33.4 Å². The van der Waals surface area contributed by atoms with E-state index in [4.69, 9.17) is 18.4 Å². The van der Waals surface area contributed by atoms with Gasteiger partial charge in [0.2, 0.25) is 0 Å². The number of rotatable bonds is 7. The highest BCUT2D eigenvalue weighted by Gasteiger charge is 2.18. The molecule has 0 fully saturated rings. The number of fused-ring (bicyclic) bond motifs is 1.